The van der Waals surface area contributed by atoms with Crippen molar-refractivity contribution in [2.45, 2.75) is 38.5 Å². The van der Waals surface area contributed by atoms with Crippen LogP contribution in [0.3, 0.4) is 0 Å². The van der Waals surface area contributed by atoms with E-state index in [0.717, 1.165) is 12.8 Å². The van der Waals surface area contributed by atoms with Crippen LogP contribution in [0.2, 0.25) is 0 Å². The second-order valence-corrected chi connectivity index (χ2v) is 3.16. The highest BCUT2D eigenvalue weighted by Gasteiger charge is 1.87. The molecule has 0 rings (SSSR count). The van der Waals surface area contributed by atoms with E-state index in [0.29, 0.717) is 6.42 Å². The highest BCUT2D eigenvalue weighted by Crippen LogP contribution is 2.05. The molecule has 0 atom stereocenters. The summed E-state index contributed by atoms with van der Waals surface area (Å²) >= 11 is 0. The van der Waals surface area contributed by atoms with Gasteiger partial charge in [0.05, 0.1) is 6.07 Å². The van der Waals surface area contributed by atoms with E-state index in [1.165, 1.54) is 19.3 Å². The normalized spacial score (nSPS) is 10.8. The third kappa shape index (κ3) is 10.7. The van der Waals surface area contributed by atoms with Crippen LogP contribution in [0.15, 0.2) is 37.0 Å². The second kappa shape index (κ2) is 11.7. The van der Waals surface area contributed by atoms with Gasteiger partial charge in [0.25, 0.3) is 0 Å². The van der Waals surface area contributed by atoms with Gasteiger partial charge in [-0.1, -0.05) is 49.8 Å². The predicted molar refractivity (Wildman–Crippen MR) is 61.8 cm³/mol. The van der Waals surface area contributed by atoms with Gasteiger partial charge in [0, 0.05) is 6.42 Å². The van der Waals surface area contributed by atoms with Gasteiger partial charge < -0.3 is 0 Å². The molecule has 0 unspecified atom stereocenters. The van der Waals surface area contributed by atoms with Crippen LogP contribution in [-0.2, 0) is 0 Å². The van der Waals surface area contributed by atoms with Crippen LogP contribution in [-0.4, -0.2) is 0 Å². The van der Waals surface area contributed by atoms with Crippen molar-refractivity contribution < 1.29 is 0 Å². The van der Waals surface area contributed by atoms with Gasteiger partial charge in [-0.2, -0.15) is 5.26 Å². The Balaban J connectivity index is 3.13. The molecule has 0 spiro atoms. The Hall–Kier alpha value is -1.29. The van der Waals surface area contributed by atoms with E-state index in [1.807, 2.05) is 12.2 Å². The van der Waals surface area contributed by atoms with Crippen molar-refractivity contribution in [2.24, 2.45) is 0 Å². The summed E-state index contributed by atoms with van der Waals surface area (Å²) in [7, 11) is 0. The minimum atomic E-state index is 0.706. The number of hydrogen-bond acceptors (Lipinski definition) is 1. The molecule has 0 heterocycles. The van der Waals surface area contributed by atoms with Crippen LogP contribution >= 0.6 is 0 Å². The lowest BCUT2D eigenvalue weighted by molar-refractivity contribution is 0.655. The maximum atomic E-state index is 8.31. The van der Waals surface area contributed by atoms with E-state index < -0.39 is 0 Å². The van der Waals surface area contributed by atoms with E-state index in [-0.39, 0.29) is 0 Å². The summed E-state index contributed by atoms with van der Waals surface area (Å²) in [5, 5.41) is 8.31. The van der Waals surface area contributed by atoms with E-state index in [4.69, 9.17) is 5.26 Å². The summed E-state index contributed by atoms with van der Waals surface area (Å²) in [4.78, 5) is 0. The van der Waals surface area contributed by atoms with Gasteiger partial charge in [0.2, 0.25) is 0 Å². The molecule has 0 aromatic heterocycles. The van der Waals surface area contributed by atoms with Crippen LogP contribution in [0.25, 0.3) is 0 Å². The Morgan fingerprint density at radius 2 is 1.79 bits per heavy atom. The molecule has 0 aliphatic heterocycles. The molecule has 0 bridgehead atoms. The molecule has 0 radical (unpaired) electrons. The van der Waals surface area contributed by atoms with Crippen molar-refractivity contribution >= 4 is 0 Å². The maximum absolute atomic E-state index is 8.31. The number of hydrogen-bond donors (Lipinski definition) is 0. The Bertz CT molecular complexity index is 218. The first-order valence-corrected chi connectivity index (χ1v) is 5.23. The highest BCUT2D eigenvalue weighted by molar-refractivity contribution is 5.08. The van der Waals surface area contributed by atoms with Crippen molar-refractivity contribution in [1.29, 1.82) is 5.26 Å². The Labute approximate surface area is 87.4 Å². The molecule has 0 N–H and O–H groups in total. The summed E-state index contributed by atoms with van der Waals surface area (Å²) in [5.74, 6) is 0. The van der Waals surface area contributed by atoms with E-state index in [2.05, 4.69) is 24.8 Å². The van der Waals surface area contributed by atoms with Gasteiger partial charge >= 0.3 is 0 Å². The molecule has 0 aliphatic carbocycles. The number of nitriles is 1. The largest absolute Gasteiger partial charge is 0.198 e. The molecule has 0 fully saturated rings. The lowest BCUT2D eigenvalue weighted by Gasteiger charge is -1.94. The fraction of sp³-hybridized carbons (Fsp3) is 0.462. The van der Waals surface area contributed by atoms with Crippen LogP contribution in [0.1, 0.15) is 38.5 Å². The van der Waals surface area contributed by atoms with Crippen LogP contribution in [0.4, 0.5) is 0 Å². The first-order chi connectivity index (χ1) is 6.91. The van der Waals surface area contributed by atoms with Gasteiger partial charge in [-0.05, 0) is 19.3 Å². The summed E-state index contributed by atoms with van der Waals surface area (Å²) in [6, 6.07) is 2.16. The summed E-state index contributed by atoms with van der Waals surface area (Å²) in [6.07, 6.45) is 16.4. The fourth-order valence-corrected chi connectivity index (χ4v) is 1.14. The van der Waals surface area contributed by atoms with Crippen LogP contribution in [0.5, 0.6) is 0 Å². The number of rotatable bonds is 8. The lowest BCUT2D eigenvalue weighted by Crippen LogP contribution is -1.76. The van der Waals surface area contributed by atoms with E-state index >= 15 is 0 Å². The zero-order valence-electron chi connectivity index (χ0n) is 8.78. The predicted octanol–water partition coefficient (Wildman–Crippen LogP) is 4.15. The Kier molecular flexibility index (Phi) is 10.6. The van der Waals surface area contributed by atoms with Crippen molar-refractivity contribution in [2.75, 3.05) is 0 Å². The number of allylic oxidation sites excluding steroid dienone is 5. The fourth-order valence-electron chi connectivity index (χ4n) is 1.14. The van der Waals surface area contributed by atoms with Crippen LogP contribution < -0.4 is 0 Å². The summed E-state index contributed by atoms with van der Waals surface area (Å²) in [5.41, 5.74) is 0. The minimum absolute atomic E-state index is 0.706. The summed E-state index contributed by atoms with van der Waals surface area (Å²) in [6.45, 7) is 3.59. The number of nitrogens with zero attached hydrogens (tertiary/aromatic N) is 1. The molecule has 0 saturated carbocycles. The molecule has 1 nitrogen and oxygen atoms in total. The molecule has 0 amide bonds. The summed E-state index contributed by atoms with van der Waals surface area (Å²) < 4.78 is 0. The molecule has 76 valence electrons. The maximum Gasteiger partial charge on any atom is 0.0621 e. The third-order valence-electron chi connectivity index (χ3n) is 1.90. The third-order valence-corrected chi connectivity index (χ3v) is 1.90. The topological polar surface area (TPSA) is 23.8 Å². The average molecular weight is 189 g/mol. The van der Waals surface area contributed by atoms with Crippen molar-refractivity contribution in [3.8, 4) is 6.07 Å². The quantitative estimate of drug-likeness (QED) is 0.415. The first-order valence-electron chi connectivity index (χ1n) is 5.23. The standard InChI is InChI=1S/C13H19N/c1-2-3-4-5-6-7-8-9-10-11-12-13-14/h2-6H,1,7-12H2/b4-3+,6-5+. The van der Waals surface area contributed by atoms with E-state index in [9.17, 15) is 0 Å². The monoisotopic (exact) mass is 189 g/mol. The molecule has 14 heavy (non-hydrogen) atoms. The second-order valence-electron chi connectivity index (χ2n) is 3.16. The molecule has 0 aromatic carbocycles. The molecule has 0 aliphatic rings. The van der Waals surface area contributed by atoms with Crippen molar-refractivity contribution in [3.05, 3.63) is 37.0 Å². The highest BCUT2D eigenvalue weighted by atomic mass is 14.2. The lowest BCUT2D eigenvalue weighted by atomic mass is 10.1. The SMILES string of the molecule is C=C/C=C/C=C/CCCCCCC#N. The van der Waals surface area contributed by atoms with Gasteiger partial charge in [0.15, 0.2) is 0 Å². The molecule has 0 saturated heterocycles. The van der Waals surface area contributed by atoms with Gasteiger partial charge in [-0.15, -0.1) is 0 Å². The van der Waals surface area contributed by atoms with Crippen molar-refractivity contribution in [1.82, 2.24) is 0 Å². The Morgan fingerprint density at radius 3 is 2.50 bits per heavy atom. The van der Waals surface area contributed by atoms with Gasteiger partial charge in [0.1, 0.15) is 0 Å². The zero-order valence-corrected chi connectivity index (χ0v) is 8.78. The van der Waals surface area contributed by atoms with E-state index in [1.54, 1.807) is 6.08 Å². The smallest absolute Gasteiger partial charge is 0.0621 e. The van der Waals surface area contributed by atoms with Gasteiger partial charge in [-0.3, -0.25) is 0 Å². The number of unbranched alkanes of at least 4 members (excludes halogenated alkanes) is 5. The minimum Gasteiger partial charge on any atom is -0.198 e. The first kappa shape index (κ1) is 12.7. The molecule has 0 aromatic rings. The zero-order chi connectivity index (χ0) is 10.5. The average Bonchev–Trinajstić information content (AvgIpc) is 2.21. The molecular formula is C13H19N. The van der Waals surface area contributed by atoms with Gasteiger partial charge in [-0.25, -0.2) is 0 Å². The van der Waals surface area contributed by atoms with Crippen LogP contribution in [0, 0.1) is 11.3 Å². The Morgan fingerprint density at radius 1 is 1.00 bits per heavy atom. The van der Waals surface area contributed by atoms with Crippen molar-refractivity contribution in [3.63, 3.8) is 0 Å². The molecular weight excluding hydrogens is 170 g/mol. The molecule has 1 heteroatoms.